The number of ether oxygens (including phenoxy) is 1. The fraction of sp³-hybridized carbons (Fsp3) is 0.444. The van der Waals surface area contributed by atoms with Crippen molar-refractivity contribution in [1.29, 1.82) is 0 Å². The van der Waals surface area contributed by atoms with Crippen LogP contribution in [0.2, 0.25) is 0 Å². The van der Waals surface area contributed by atoms with Crippen molar-refractivity contribution in [2.45, 2.75) is 18.9 Å². The van der Waals surface area contributed by atoms with Crippen LogP contribution in [0, 0.1) is 11.7 Å². The van der Waals surface area contributed by atoms with Crippen LogP contribution in [0.1, 0.15) is 24.4 Å². The van der Waals surface area contributed by atoms with E-state index < -0.39 is 17.8 Å². The van der Waals surface area contributed by atoms with E-state index in [-0.39, 0.29) is 18.2 Å². The Labute approximate surface area is 141 Å². The molecule has 0 spiro atoms. The van der Waals surface area contributed by atoms with Gasteiger partial charge in [0.2, 0.25) is 11.8 Å². The summed E-state index contributed by atoms with van der Waals surface area (Å²) >= 11 is 0. The van der Waals surface area contributed by atoms with E-state index in [2.05, 4.69) is 11.9 Å². The summed E-state index contributed by atoms with van der Waals surface area (Å²) in [5.74, 6) is -1.20. The van der Waals surface area contributed by atoms with E-state index in [1.807, 2.05) is 0 Å². The number of benzene rings is 1. The zero-order valence-electron chi connectivity index (χ0n) is 13.8. The molecule has 5 nitrogen and oxygen atoms in total. The van der Waals surface area contributed by atoms with Gasteiger partial charge in [0.25, 0.3) is 0 Å². The molecule has 24 heavy (non-hydrogen) atoms. The number of likely N-dealkylation sites (tertiary alicyclic amines) is 1. The first-order chi connectivity index (χ1) is 11.6. The number of nitrogens with zero attached hydrogens (tertiary/aromatic N) is 1. The predicted molar refractivity (Wildman–Crippen MR) is 88.7 cm³/mol. The van der Waals surface area contributed by atoms with Gasteiger partial charge in [0.15, 0.2) is 0 Å². The summed E-state index contributed by atoms with van der Waals surface area (Å²) in [4.78, 5) is 26.5. The van der Waals surface area contributed by atoms with Crippen LogP contribution in [0.25, 0.3) is 0 Å². The van der Waals surface area contributed by atoms with Crippen molar-refractivity contribution in [2.75, 3.05) is 26.8 Å². The summed E-state index contributed by atoms with van der Waals surface area (Å²) in [6.07, 6.45) is 2.25. The number of piperidine rings is 1. The van der Waals surface area contributed by atoms with Crippen molar-refractivity contribution >= 4 is 11.8 Å². The van der Waals surface area contributed by atoms with Gasteiger partial charge in [0, 0.05) is 32.2 Å². The minimum atomic E-state index is -0.632. The molecule has 1 N–H and O–H groups in total. The molecule has 1 heterocycles. The molecule has 0 saturated carbocycles. The molecule has 1 saturated heterocycles. The van der Waals surface area contributed by atoms with Gasteiger partial charge in [-0.2, -0.15) is 0 Å². The highest BCUT2D eigenvalue weighted by molar-refractivity contribution is 5.85. The van der Waals surface area contributed by atoms with E-state index in [0.29, 0.717) is 31.7 Å². The molecule has 130 valence electrons. The largest absolute Gasteiger partial charge is 0.383 e. The van der Waals surface area contributed by atoms with E-state index >= 15 is 0 Å². The van der Waals surface area contributed by atoms with E-state index in [0.717, 1.165) is 0 Å². The molecule has 0 aromatic heterocycles. The number of nitrogens with one attached hydrogen (secondary N) is 1. The summed E-state index contributed by atoms with van der Waals surface area (Å²) < 4.78 is 19.4. The average molecular weight is 334 g/mol. The Hall–Kier alpha value is -2.21. The van der Waals surface area contributed by atoms with Gasteiger partial charge in [-0.25, -0.2) is 4.39 Å². The zero-order chi connectivity index (χ0) is 17.5. The van der Waals surface area contributed by atoms with E-state index in [9.17, 15) is 14.0 Å². The van der Waals surface area contributed by atoms with Gasteiger partial charge in [0.1, 0.15) is 5.82 Å². The Kier molecular flexibility index (Phi) is 6.49. The van der Waals surface area contributed by atoms with Crippen molar-refractivity contribution in [3.8, 4) is 0 Å². The number of hydrogen-bond acceptors (Lipinski definition) is 3. The Morgan fingerprint density at radius 3 is 2.92 bits per heavy atom. The topological polar surface area (TPSA) is 58.6 Å². The van der Waals surface area contributed by atoms with Crippen LogP contribution in [-0.4, -0.2) is 43.5 Å². The fourth-order valence-corrected chi connectivity index (χ4v) is 3.08. The normalized spacial score (nSPS) is 20.8. The van der Waals surface area contributed by atoms with Gasteiger partial charge in [-0.3, -0.25) is 9.59 Å². The second kappa shape index (κ2) is 8.59. The van der Waals surface area contributed by atoms with Crippen molar-refractivity contribution in [2.24, 2.45) is 5.92 Å². The molecule has 2 atom stereocenters. The monoisotopic (exact) mass is 334 g/mol. The highest BCUT2D eigenvalue weighted by Crippen LogP contribution is 2.37. The number of methoxy groups -OCH3 is 1. The van der Waals surface area contributed by atoms with Crippen molar-refractivity contribution in [3.63, 3.8) is 0 Å². The van der Waals surface area contributed by atoms with Crippen molar-refractivity contribution < 1.29 is 18.7 Å². The van der Waals surface area contributed by atoms with Crippen LogP contribution in [0.15, 0.2) is 36.9 Å². The van der Waals surface area contributed by atoms with E-state index in [1.165, 1.54) is 6.07 Å². The minimum absolute atomic E-state index is 0.0897. The summed E-state index contributed by atoms with van der Waals surface area (Å²) in [6, 6.07) is 5.65. The number of rotatable bonds is 7. The predicted octanol–water partition coefficient (Wildman–Crippen LogP) is 2.05. The van der Waals surface area contributed by atoms with Gasteiger partial charge in [-0.05, 0) is 12.5 Å². The molecule has 2 amide bonds. The Bertz CT molecular complexity index is 606. The number of carbonyl (C=O) groups is 2. The van der Waals surface area contributed by atoms with Gasteiger partial charge >= 0.3 is 0 Å². The highest BCUT2D eigenvalue weighted by atomic mass is 19.1. The fourth-order valence-electron chi connectivity index (χ4n) is 3.08. The molecule has 1 fully saturated rings. The van der Waals surface area contributed by atoms with Crippen LogP contribution >= 0.6 is 0 Å². The first-order valence-electron chi connectivity index (χ1n) is 8.01. The third-order valence-electron chi connectivity index (χ3n) is 4.22. The van der Waals surface area contributed by atoms with Crippen LogP contribution in [0.4, 0.5) is 4.39 Å². The van der Waals surface area contributed by atoms with Gasteiger partial charge in [-0.1, -0.05) is 24.3 Å². The SMILES string of the molecule is C=CCNC(=O)[C@@H]1CCC(=O)N(CCOC)[C@H]1c1ccccc1F. The minimum Gasteiger partial charge on any atom is -0.383 e. The lowest BCUT2D eigenvalue weighted by atomic mass is 9.83. The first-order valence-corrected chi connectivity index (χ1v) is 8.01. The summed E-state index contributed by atoms with van der Waals surface area (Å²) in [5.41, 5.74) is 0.361. The maximum atomic E-state index is 14.4. The molecule has 2 rings (SSSR count). The maximum absolute atomic E-state index is 14.4. The molecule has 1 aromatic rings. The standard InChI is InChI=1S/C18H23FN2O3/c1-3-10-20-18(23)14-8-9-16(22)21(11-12-24-2)17(14)13-6-4-5-7-15(13)19/h3-7,14,17H,1,8-12H2,2H3,(H,20,23)/t14-,17+/m1/s1. The Morgan fingerprint density at radius 1 is 1.50 bits per heavy atom. The molecular weight excluding hydrogens is 311 g/mol. The van der Waals surface area contributed by atoms with Crippen LogP contribution in [0.3, 0.4) is 0 Å². The van der Waals surface area contributed by atoms with Crippen molar-refractivity contribution in [3.05, 3.63) is 48.3 Å². The third-order valence-corrected chi connectivity index (χ3v) is 4.22. The van der Waals surface area contributed by atoms with E-state index in [1.54, 1.807) is 36.3 Å². The van der Waals surface area contributed by atoms with Gasteiger partial charge < -0.3 is 15.0 Å². The molecule has 0 bridgehead atoms. The number of hydrogen-bond donors (Lipinski definition) is 1. The average Bonchev–Trinajstić information content (AvgIpc) is 2.59. The molecule has 0 radical (unpaired) electrons. The number of carbonyl (C=O) groups excluding carboxylic acids is 2. The third kappa shape index (κ3) is 4.00. The second-order valence-corrected chi connectivity index (χ2v) is 5.73. The van der Waals surface area contributed by atoms with Crippen LogP contribution in [0.5, 0.6) is 0 Å². The quantitative estimate of drug-likeness (QED) is 0.777. The van der Waals surface area contributed by atoms with Crippen LogP contribution in [-0.2, 0) is 14.3 Å². The molecule has 1 aromatic carbocycles. The number of amides is 2. The molecule has 0 aliphatic carbocycles. The molecule has 6 heteroatoms. The lowest BCUT2D eigenvalue weighted by Gasteiger charge is -2.40. The summed E-state index contributed by atoms with van der Waals surface area (Å²) in [7, 11) is 1.54. The highest BCUT2D eigenvalue weighted by Gasteiger charge is 2.41. The molecule has 1 aliphatic rings. The number of halogens is 1. The van der Waals surface area contributed by atoms with Gasteiger partial charge in [-0.15, -0.1) is 6.58 Å². The lowest BCUT2D eigenvalue weighted by Crippen LogP contribution is -2.49. The second-order valence-electron chi connectivity index (χ2n) is 5.73. The Balaban J connectivity index is 2.37. The van der Waals surface area contributed by atoms with E-state index in [4.69, 9.17) is 4.74 Å². The smallest absolute Gasteiger partial charge is 0.225 e. The molecular formula is C18H23FN2O3. The summed E-state index contributed by atoms with van der Waals surface area (Å²) in [6.45, 7) is 4.57. The zero-order valence-corrected chi connectivity index (χ0v) is 13.8. The molecule has 1 aliphatic heterocycles. The van der Waals surface area contributed by atoms with Gasteiger partial charge in [0.05, 0.1) is 18.6 Å². The summed E-state index contributed by atoms with van der Waals surface area (Å²) in [5, 5.41) is 2.76. The lowest BCUT2D eigenvalue weighted by molar-refractivity contribution is -0.144. The van der Waals surface area contributed by atoms with Crippen LogP contribution < -0.4 is 5.32 Å². The van der Waals surface area contributed by atoms with Crippen molar-refractivity contribution in [1.82, 2.24) is 10.2 Å². The molecule has 0 unspecified atom stereocenters. The maximum Gasteiger partial charge on any atom is 0.225 e. The Morgan fingerprint density at radius 2 is 2.25 bits per heavy atom. The first kappa shape index (κ1) is 18.1.